The molecule has 0 bridgehead atoms. The van der Waals surface area contributed by atoms with E-state index in [2.05, 4.69) is 10.3 Å². The van der Waals surface area contributed by atoms with Gasteiger partial charge in [0.1, 0.15) is 5.76 Å². The Kier molecular flexibility index (Phi) is 2.73. The molecule has 5 heteroatoms. The summed E-state index contributed by atoms with van der Waals surface area (Å²) in [4.78, 5) is 14.9. The molecule has 15 heavy (non-hydrogen) atoms. The molecule has 2 rings (SSSR count). The Morgan fingerprint density at radius 2 is 2.53 bits per heavy atom. The first-order chi connectivity index (χ1) is 7.16. The van der Waals surface area contributed by atoms with Gasteiger partial charge in [0, 0.05) is 6.92 Å². The van der Waals surface area contributed by atoms with Crippen LogP contribution in [0.1, 0.15) is 30.5 Å². The number of piperidine rings is 1. The fourth-order valence-electron chi connectivity index (χ4n) is 1.90. The second-order valence-electron chi connectivity index (χ2n) is 3.85. The third kappa shape index (κ3) is 2.18. The summed E-state index contributed by atoms with van der Waals surface area (Å²) < 4.78 is 5.38. The van der Waals surface area contributed by atoms with Crippen LogP contribution in [0.25, 0.3) is 0 Å². The van der Waals surface area contributed by atoms with Crippen molar-refractivity contribution >= 4 is 5.97 Å². The Balaban J connectivity index is 2.07. The Morgan fingerprint density at radius 3 is 3.13 bits per heavy atom. The second-order valence-corrected chi connectivity index (χ2v) is 3.85. The average Bonchev–Trinajstić information content (AvgIpc) is 2.65. The number of oxazole rings is 1. The molecule has 1 fully saturated rings. The summed E-state index contributed by atoms with van der Waals surface area (Å²) in [6.07, 6.45) is 2.92. The minimum atomic E-state index is -0.724. The van der Waals surface area contributed by atoms with E-state index in [1.54, 1.807) is 13.1 Å². The number of hydrogen-bond acceptors (Lipinski definition) is 4. The highest BCUT2D eigenvalue weighted by atomic mass is 16.4. The lowest BCUT2D eigenvalue weighted by atomic mass is 9.92. The molecular weight excluding hydrogens is 196 g/mol. The van der Waals surface area contributed by atoms with Crippen molar-refractivity contribution in [3.05, 3.63) is 17.8 Å². The average molecular weight is 210 g/mol. The molecule has 0 radical (unpaired) electrons. The van der Waals surface area contributed by atoms with Gasteiger partial charge in [0.2, 0.25) is 0 Å². The monoisotopic (exact) mass is 210 g/mol. The number of nitrogens with one attached hydrogen (secondary N) is 1. The Bertz CT molecular complexity index is 361. The van der Waals surface area contributed by atoms with Crippen LogP contribution in [-0.4, -0.2) is 22.6 Å². The van der Waals surface area contributed by atoms with Gasteiger partial charge < -0.3 is 14.8 Å². The molecule has 2 heterocycles. The van der Waals surface area contributed by atoms with E-state index >= 15 is 0 Å². The number of carboxylic acids is 1. The molecule has 0 aromatic carbocycles. The van der Waals surface area contributed by atoms with Crippen LogP contribution in [0, 0.1) is 12.8 Å². The summed E-state index contributed by atoms with van der Waals surface area (Å²) in [5, 5.41) is 12.2. The lowest BCUT2D eigenvalue weighted by Crippen LogP contribution is -2.34. The van der Waals surface area contributed by atoms with E-state index in [0.29, 0.717) is 25.3 Å². The Hall–Kier alpha value is -1.36. The van der Waals surface area contributed by atoms with Gasteiger partial charge in [0.25, 0.3) is 0 Å². The van der Waals surface area contributed by atoms with Gasteiger partial charge in [-0.25, -0.2) is 4.98 Å². The number of carboxylic acid groups (broad SMARTS) is 1. The summed E-state index contributed by atoms with van der Waals surface area (Å²) in [5.74, 6) is 0.349. The van der Waals surface area contributed by atoms with Gasteiger partial charge in [-0.1, -0.05) is 0 Å². The van der Waals surface area contributed by atoms with Crippen LogP contribution in [0.3, 0.4) is 0 Å². The molecular formula is C10H14N2O3. The topological polar surface area (TPSA) is 75.4 Å². The highest BCUT2D eigenvalue weighted by molar-refractivity contribution is 5.70. The molecule has 2 N–H and O–H groups in total. The van der Waals surface area contributed by atoms with E-state index < -0.39 is 5.97 Å². The lowest BCUT2D eigenvalue weighted by Gasteiger charge is -2.26. The van der Waals surface area contributed by atoms with Gasteiger partial charge in [-0.3, -0.25) is 4.79 Å². The summed E-state index contributed by atoms with van der Waals surface area (Å²) in [6, 6.07) is -0.0129. The normalized spacial score (nSPS) is 26.5. The maximum absolute atomic E-state index is 10.9. The Morgan fingerprint density at radius 1 is 1.73 bits per heavy atom. The van der Waals surface area contributed by atoms with Crippen molar-refractivity contribution in [2.24, 2.45) is 5.92 Å². The highest BCUT2D eigenvalue weighted by Crippen LogP contribution is 2.27. The van der Waals surface area contributed by atoms with Crippen molar-refractivity contribution in [3.63, 3.8) is 0 Å². The predicted molar refractivity (Wildman–Crippen MR) is 52.3 cm³/mol. The number of nitrogens with zero attached hydrogens (tertiary/aromatic N) is 1. The number of carbonyl (C=O) groups is 1. The molecule has 0 saturated carbocycles. The third-order valence-corrected chi connectivity index (χ3v) is 2.74. The number of rotatable bonds is 2. The van der Waals surface area contributed by atoms with Crippen molar-refractivity contribution in [3.8, 4) is 0 Å². The van der Waals surface area contributed by atoms with Crippen molar-refractivity contribution in [1.82, 2.24) is 10.3 Å². The van der Waals surface area contributed by atoms with E-state index in [9.17, 15) is 4.79 Å². The molecule has 1 aliphatic heterocycles. The van der Waals surface area contributed by atoms with Gasteiger partial charge in [-0.05, 0) is 19.4 Å². The van der Waals surface area contributed by atoms with E-state index in [1.807, 2.05) is 0 Å². The van der Waals surface area contributed by atoms with Gasteiger partial charge in [0.15, 0.2) is 5.89 Å². The fraction of sp³-hybridized carbons (Fsp3) is 0.600. The first-order valence-electron chi connectivity index (χ1n) is 5.05. The molecule has 0 amide bonds. The number of aryl methyl sites for hydroxylation is 1. The van der Waals surface area contributed by atoms with E-state index in [-0.39, 0.29) is 12.0 Å². The highest BCUT2D eigenvalue weighted by Gasteiger charge is 2.29. The molecule has 2 atom stereocenters. The minimum Gasteiger partial charge on any atom is -0.481 e. The molecule has 1 aliphatic rings. The van der Waals surface area contributed by atoms with Gasteiger partial charge in [-0.15, -0.1) is 0 Å². The quantitative estimate of drug-likeness (QED) is 0.764. The van der Waals surface area contributed by atoms with Gasteiger partial charge in [0.05, 0.1) is 18.2 Å². The zero-order chi connectivity index (χ0) is 10.8. The third-order valence-electron chi connectivity index (χ3n) is 2.74. The SMILES string of the molecule is Cc1ncc(C2CC(C(=O)O)CCN2)o1. The van der Waals surface area contributed by atoms with Gasteiger partial charge >= 0.3 is 5.97 Å². The van der Waals surface area contributed by atoms with Gasteiger partial charge in [-0.2, -0.15) is 0 Å². The summed E-state index contributed by atoms with van der Waals surface area (Å²) >= 11 is 0. The Labute approximate surface area is 87.5 Å². The second kappa shape index (κ2) is 4.02. The van der Waals surface area contributed by atoms with Crippen molar-refractivity contribution < 1.29 is 14.3 Å². The minimum absolute atomic E-state index is 0.0129. The molecule has 82 valence electrons. The molecule has 1 aromatic heterocycles. The molecule has 1 saturated heterocycles. The van der Waals surface area contributed by atoms with E-state index in [0.717, 1.165) is 5.76 Å². The summed E-state index contributed by atoms with van der Waals surface area (Å²) in [7, 11) is 0. The fourth-order valence-corrected chi connectivity index (χ4v) is 1.90. The summed E-state index contributed by atoms with van der Waals surface area (Å²) in [6.45, 7) is 2.49. The molecule has 2 unspecified atom stereocenters. The maximum atomic E-state index is 10.9. The first kappa shape index (κ1) is 10.2. The van der Waals surface area contributed by atoms with Crippen molar-refractivity contribution in [1.29, 1.82) is 0 Å². The van der Waals surface area contributed by atoms with Crippen LogP contribution in [0.4, 0.5) is 0 Å². The summed E-state index contributed by atoms with van der Waals surface area (Å²) in [5.41, 5.74) is 0. The van der Waals surface area contributed by atoms with Crippen molar-refractivity contribution in [2.75, 3.05) is 6.54 Å². The van der Waals surface area contributed by atoms with Crippen LogP contribution in [0.15, 0.2) is 10.6 Å². The van der Waals surface area contributed by atoms with Crippen molar-refractivity contribution in [2.45, 2.75) is 25.8 Å². The van der Waals surface area contributed by atoms with Crippen LogP contribution in [-0.2, 0) is 4.79 Å². The number of aromatic nitrogens is 1. The van der Waals surface area contributed by atoms with Crippen LogP contribution in [0.2, 0.25) is 0 Å². The zero-order valence-corrected chi connectivity index (χ0v) is 8.56. The van der Waals surface area contributed by atoms with Crippen LogP contribution < -0.4 is 5.32 Å². The first-order valence-corrected chi connectivity index (χ1v) is 5.05. The lowest BCUT2D eigenvalue weighted by molar-refractivity contribution is -0.143. The standard InChI is InChI=1S/C10H14N2O3/c1-6-12-5-9(15-6)8-4-7(10(13)14)2-3-11-8/h5,7-8,11H,2-4H2,1H3,(H,13,14). The van der Waals surface area contributed by atoms with E-state index in [1.165, 1.54) is 0 Å². The molecule has 5 nitrogen and oxygen atoms in total. The zero-order valence-electron chi connectivity index (χ0n) is 8.56. The molecule has 1 aromatic rings. The smallest absolute Gasteiger partial charge is 0.306 e. The van der Waals surface area contributed by atoms with Crippen LogP contribution >= 0.6 is 0 Å². The largest absolute Gasteiger partial charge is 0.481 e. The van der Waals surface area contributed by atoms with E-state index in [4.69, 9.17) is 9.52 Å². The predicted octanol–water partition coefficient (Wildman–Crippen LogP) is 1.11. The number of aliphatic carboxylic acids is 1. The molecule has 0 aliphatic carbocycles. The molecule has 0 spiro atoms. The number of hydrogen-bond donors (Lipinski definition) is 2. The van der Waals surface area contributed by atoms with Crippen LogP contribution in [0.5, 0.6) is 0 Å². The maximum Gasteiger partial charge on any atom is 0.306 e.